The van der Waals surface area contributed by atoms with Gasteiger partial charge in [0.05, 0.1) is 28.0 Å². The first-order valence-electron chi connectivity index (χ1n) is 9.78. The third-order valence-electron chi connectivity index (χ3n) is 4.58. The molecule has 3 N–H and O–H groups in total. The topological polar surface area (TPSA) is 100 Å². The molecule has 0 unspecified atom stereocenters. The van der Waals surface area contributed by atoms with Crippen molar-refractivity contribution in [2.75, 3.05) is 16.0 Å². The molecule has 1 aromatic heterocycles. The number of anilines is 3. The van der Waals surface area contributed by atoms with Gasteiger partial charge in [-0.2, -0.15) is 13.2 Å². The van der Waals surface area contributed by atoms with Crippen LogP contribution in [0.4, 0.5) is 30.4 Å². The van der Waals surface area contributed by atoms with Gasteiger partial charge in [-0.05, 0) is 55.0 Å². The molecule has 0 aliphatic carbocycles. The standard InChI is InChI=1S/C23H18ClF3N4O3/c1-12-8-20(29-13(2)32)28-11-19(12)31-22(34)17-10-16(6-7-18(17)24)30-21(33)14-4-3-5-15(9-14)23(25,26)27/h3-11H,1-2H3,(H,30,33)(H,31,34)(H,28,29,32). The van der Waals surface area contributed by atoms with Gasteiger partial charge in [-0.25, -0.2) is 4.98 Å². The Labute approximate surface area is 197 Å². The molecule has 34 heavy (non-hydrogen) atoms. The summed E-state index contributed by atoms with van der Waals surface area (Å²) in [5.74, 6) is -1.36. The van der Waals surface area contributed by atoms with Gasteiger partial charge in [-0.1, -0.05) is 17.7 Å². The number of nitrogens with zero attached hydrogens (tertiary/aromatic N) is 1. The Morgan fingerprint density at radius 1 is 0.941 bits per heavy atom. The molecular formula is C23H18ClF3N4O3. The van der Waals surface area contributed by atoms with Crippen LogP contribution in [-0.2, 0) is 11.0 Å². The van der Waals surface area contributed by atoms with Gasteiger partial charge < -0.3 is 16.0 Å². The number of hydrogen-bond acceptors (Lipinski definition) is 4. The third-order valence-corrected chi connectivity index (χ3v) is 4.91. The van der Waals surface area contributed by atoms with E-state index in [0.29, 0.717) is 17.1 Å². The molecular weight excluding hydrogens is 473 g/mol. The summed E-state index contributed by atoms with van der Waals surface area (Å²) >= 11 is 6.14. The number of benzene rings is 2. The van der Waals surface area contributed by atoms with Crippen molar-refractivity contribution in [2.45, 2.75) is 20.0 Å². The van der Waals surface area contributed by atoms with E-state index in [4.69, 9.17) is 11.6 Å². The van der Waals surface area contributed by atoms with Gasteiger partial charge in [-0.3, -0.25) is 14.4 Å². The summed E-state index contributed by atoms with van der Waals surface area (Å²) in [7, 11) is 0. The fraction of sp³-hybridized carbons (Fsp3) is 0.130. The highest BCUT2D eigenvalue weighted by Gasteiger charge is 2.31. The van der Waals surface area contributed by atoms with Crippen LogP contribution < -0.4 is 16.0 Å². The van der Waals surface area contributed by atoms with E-state index in [-0.39, 0.29) is 27.7 Å². The van der Waals surface area contributed by atoms with Crippen molar-refractivity contribution in [1.82, 2.24) is 4.98 Å². The average molecular weight is 491 g/mol. The fourth-order valence-corrected chi connectivity index (χ4v) is 3.15. The number of aryl methyl sites for hydroxylation is 1. The summed E-state index contributed by atoms with van der Waals surface area (Å²) in [5, 5.41) is 7.73. The van der Waals surface area contributed by atoms with Gasteiger partial charge in [0.2, 0.25) is 5.91 Å². The number of hydrogen-bond donors (Lipinski definition) is 3. The van der Waals surface area contributed by atoms with Crippen molar-refractivity contribution in [3.05, 3.63) is 82.0 Å². The van der Waals surface area contributed by atoms with E-state index in [1.54, 1.807) is 13.0 Å². The molecule has 0 atom stereocenters. The van der Waals surface area contributed by atoms with Crippen LogP contribution in [0.25, 0.3) is 0 Å². The van der Waals surface area contributed by atoms with Gasteiger partial charge in [0.1, 0.15) is 5.82 Å². The van der Waals surface area contributed by atoms with Crippen LogP contribution >= 0.6 is 11.6 Å². The summed E-state index contributed by atoms with van der Waals surface area (Å²) < 4.78 is 38.7. The molecule has 0 aliphatic rings. The molecule has 1 heterocycles. The van der Waals surface area contributed by atoms with Crippen molar-refractivity contribution >= 4 is 46.5 Å². The van der Waals surface area contributed by atoms with Crippen molar-refractivity contribution in [3.63, 3.8) is 0 Å². The predicted octanol–water partition coefficient (Wildman–Crippen LogP) is 5.53. The summed E-state index contributed by atoms with van der Waals surface area (Å²) in [5.41, 5.74) is 0.0222. The van der Waals surface area contributed by atoms with Gasteiger partial charge in [-0.15, -0.1) is 0 Å². The van der Waals surface area contributed by atoms with E-state index in [2.05, 4.69) is 20.9 Å². The molecule has 0 saturated carbocycles. The molecule has 3 rings (SSSR count). The number of halogens is 4. The Hall–Kier alpha value is -3.92. The predicted molar refractivity (Wildman–Crippen MR) is 122 cm³/mol. The second kappa shape index (κ2) is 9.92. The van der Waals surface area contributed by atoms with Crippen molar-refractivity contribution in [1.29, 1.82) is 0 Å². The molecule has 0 spiro atoms. The maximum Gasteiger partial charge on any atom is 0.416 e. The number of carbonyl (C=O) groups excluding carboxylic acids is 3. The molecule has 11 heteroatoms. The summed E-state index contributed by atoms with van der Waals surface area (Å²) in [6.07, 6.45) is -3.22. The lowest BCUT2D eigenvalue weighted by Gasteiger charge is -2.13. The lowest BCUT2D eigenvalue weighted by atomic mass is 10.1. The molecule has 0 bridgehead atoms. The minimum absolute atomic E-state index is 0.0221. The van der Waals surface area contributed by atoms with Gasteiger partial charge in [0.25, 0.3) is 11.8 Å². The minimum atomic E-state index is -4.59. The molecule has 3 aromatic rings. The van der Waals surface area contributed by atoms with Crippen LogP contribution in [0.2, 0.25) is 5.02 Å². The van der Waals surface area contributed by atoms with E-state index >= 15 is 0 Å². The SMILES string of the molecule is CC(=O)Nc1cc(C)c(NC(=O)c2cc(NC(=O)c3cccc(C(F)(F)F)c3)ccc2Cl)cn1. The van der Waals surface area contributed by atoms with Crippen molar-refractivity contribution in [2.24, 2.45) is 0 Å². The monoisotopic (exact) mass is 490 g/mol. The zero-order chi connectivity index (χ0) is 25.0. The second-order valence-electron chi connectivity index (χ2n) is 7.25. The maximum absolute atomic E-state index is 12.9. The molecule has 3 amide bonds. The van der Waals surface area contributed by atoms with Gasteiger partial charge >= 0.3 is 6.18 Å². The molecule has 0 fully saturated rings. The summed E-state index contributed by atoms with van der Waals surface area (Å²) in [4.78, 5) is 40.4. The molecule has 0 saturated heterocycles. The maximum atomic E-state index is 12.9. The van der Waals surface area contributed by atoms with Gasteiger partial charge in [0, 0.05) is 18.2 Å². The van der Waals surface area contributed by atoms with Crippen LogP contribution in [0.15, 0.2) is 54.7 Å². The first kappa shape index (κ1) is 24.7. The molecule has 0 radical (unpaired) electrons. The van der Waals surface area contributed by atoms with E-state index in [1.165, 1.54) is 37.4 Å². The quantitative estimate of drug-likeness (QED) is 0.438. The van der Waals surface area contributed by atoms with E-state index in [9.17, 15) is 27.6 Å². The smallest absolute Gasteiger partial charge is 0.322 e. The largest absolute Gasteiger partial charge is 0.416 e. The Balaban J connectivity index is 1.78. The molecule has 7 nitrogen and oxygen atoms in total. The van der Waals surface area contributed by atoms with Crippen LogP contribution in [0.1, 0.15) is 38.8 Å². The van der Waals surface area contributed by atoms with E-state index in [0.717, 1.165) is 18.2 Å². The minimum Gasteiger partial charge on any atom is -0.322 e. The van der Waals surface area contributed by atoms with Crippen molar-refractivity contribution in [3.8, 4) is 0 Å². The van der Waals surface area contributed by atoms with Crippen molar-refractivity contribution < 1.29 is 27.6 Å². The molecule has 2 aromatic carbocycles. The third kappa shape index (κ3) is 6.10. The Morgan fingerprint density at radius 2 is 1.68 bits per heavy atom. The first-order valence-corrected chi connectivity index (χ1v) is 10.2. The average Bonchev–Trinajstić information content (AvgIpc) is 2.76. The highest BCUT2D eigenvalue weighted by molar-refractivity contribution is 6.34. The Morgan fingerprint density at radius 3 is 2.32 bits per heavy atom. The molecule has 0 aliphatic heterocycles. The van der Waals surface area contributed by atoms with Crippen LogP contribution in [0.5, 0.6) is 0 Å². The number of pyridine rings is 1. The lowest BCUT2D eigenvalue weighted by Crippen LogP contribution is -2.16. The number of nitrogens with one attached hydrogen (secondary N) is 3. The lowest BCUT2D eigenvalue weighted by molar-refractivity contribution is -0.137. The number of rotatable bonds is 5. The highest BCUT2D eigenvalue weighted by Crippen LogP contribution is 2.30. The number of alkyl halides is 3. The highest BCUT2D eigenvalue weighted by atomic mass is 35.5. The Bertz CT molecular complexity index is 1280. The normalized spacial score (nSPS) is 11.0. The summed E-state index contributed by atoms with van der Waals surface area (Å²) in [6.45, 7) is 3.05. The summed E-state index contributed by atoms with van der Waals surface area (Å²) in [6, 6.07) is 9.64. The van der Waals surface area contributed by atoms with E-state index < -0.39 is 23.6 Å². The number of aromatic nitrogens is 1. The van der Waals surface area contributed by atoms with Crippen LogP contribution in [0, 0.1) is 6.92 Å². The zero-order valence-corrected chi connectivity index (χ0v) is 18.6. The van der Waals surface area contributed by atoms with Crippen LogP contribution in [0.3, 0.4) is 0 Å². The number of amides is 3. The van der Waals surface area contributed by atoms with E-state index in [1.807, 2.05) is 0 Å². The Kier molecular flexibility index (Phi) is 7.21. The first-order chi connectivity index (χ1) is 15.9. The van der Waals surface area contributed by atoms with Crippen LogP contribution in [-0.4, -0.2) is 22.7 Å². The van der Waals surface area contributed by atoms with Gasteiger partial charge in [0.15, 0.2) is 0 Å². The fourth-order valence-electron chi connectivity index (χ4n) is 2.94. The zero-order valence-electron chi connectivity index (χ0n) is 17.9. The molecule has 176 valence electrons. The number of carbonyl (C=O) groups is 3. The second-order valence-corrected chi connectivity index (χ2v) is 7.65.